The molecule has 0 saturated carbocycles. The minimum Gasteiger partial charge on any atom is -0.449 e. The van der Waals surface area contributed by atoms with Gasteiger partial charge in [-0.1, -0.05) is 30.3 Å². The molecule has 7 heteroatoms. The lowest BCUT2D eigenvalue weighted by molar-refractivity contribution is -0.129. The lowest BCUT2D eigenvalue weighted by Crippen LogP contribution is -2.37. The molecule has 2 atom stereocenters. The van der Waals surface area contributed by atoms with Crippen LogP contribution < -0.4 is 5.32 Å². The molecule has 1 heterocycles. The number of carbonyl (C=O) groups excluding carboxylic acids is 2. The second-order valence-corrected chi connectivity index (χ2v) is 8.97. The van der Waals surface area contributed by atoms with Crippen LogP contribution in [0.3, 0.4) is 0 Å². The Kier molecular flexibility index (Phi) is 7.65. The van der Waals surface area contributed by atoms with Crippen LogP contribution in [0.15, 0.2) is 64.9 Å². The topological polar surface area (TPSA) is 68.3 Å². The summed E-state index contributed by atoms with van der Waals surface area (Å²) in [4.78, 5) is 30.3. The van der Waals surface area contributed by atoms with Gasteiger partial charge in [-0.2, -0.15) is 0 Å². The number of thiazole rings is 1. The zero-order chi connectivity index (χ0) is 21.5. The summed E-state index contributed by atoms with van der Waals surface area (Å²) in [7, 11) is 0. The van der Waals surface area contributed by atoms with Crippen molar-refractivity contribution in [1.29, 1.82) is 0 Å². The van der Waals surface area contributed by atoms with Crippen molar-refractivity contribution in [1.82, 2.24) is 10.3 Å². The normalized spacial score (nSPS) is 12.8. The highest BCUT2D eigenvalue weighted by Crippen LogP contribution is 2.24. The van der Waals surface area contributed by atoms with Crippen LogP contribution in [0.2, 0.25) is 0 Å². The third kappa shape index (κ3) is 6.18. The molecule has 1 N–H and O–H groups in total. The average molecular weight is 441 g/mol. The average Bonchev–Trinajstić information content (AvgIpc) is 3.18. The first-order valence-electron chi connectivity index (χ1n) is 9.62. The van der Waals surface area contributed by atoms with E-state index in [2.05, 4.69) is 15.7 Å². The van der Waals surface area contributed by atoms with E-state index in [0.29, 0.717) is 5.56 Å². The van der Waals surface area contributed by atoms with Gasteiger partial charge >= 0.3 is 5.97 Å². The van der Waals surface area contributed by atoms with E-state index in [9.17, 15) is 9.59 Å². The van der Waals surface area contributed by atoms with Gasteiger partial charge in [0.15, 0.2) is 6.10 Å². The summed E-state index contributed by atoms with van der Waals surface area (Å²) >= 11 is 3.30. The number of hydrogen-bond acceptors (Lipinski definition) is 6. The summed E-state index contributed by atoms with van der Waals surface area (Å²) in [5.74, 6) is -0.0626. The van der Waals surface area contributed by atoms with Crippen LogP contribution in [0.4, 0.5) is 0 Å². The fourth-order valence-electron chi connectivity index (χ4n) is 2.76. The highest BCUT2D eigenvalue weighted by atomic mass is 32.2. The Labute approximate surface area is 184 Å². The Morgan fingerprint density at radius 2 is 1.80 bits per heavy atom. The van der Waals surface area contributed by atoms with Crippen LogP contribution >= 0.6 is 23.1 Å². The third-order valence-electron chi connectivity index (χ3n) is 4.45. The number of hydrogen-bond donors (Lipinski definition) is 1. The fraction of sp³-hybridized carbons (Fsp3) is 0.261. The molecule has 156 valence electrons. The van der Waals surface area contributed by atoms with Crippen LogP contribution in [0, 0.1) is 6.92 Å². The number of aryl methyl sites for hydroxylation is 1. The van der Waals surface area contributed by atoms with Crippen molar-refractivity contribution in [3.8, 4) is 0 Å². The molecule has 0 radical (unpaired) electrons. The molecule has 0 fully saturated rings. The molecular weight excluding hydrogens is 416 g/mol. The molecule has 0 saturated heterocycles. The number of benzene rings is 2. The summed E-state index contributed by atoms with van der Waals surface area (Å²) in [6.07, 6.45) is -0.884. The van der Waals surface area contributed by atoms with Crippen LogP contribution in [0.1, 0.15) is 46.5 Å². The maximum Gasteiger partial charge on any atom is 0.338 e. The van der Waals surface area contributed by atoms with Gasteiger partial charge in [-0.25, -0.2) is 9.78 Å². The highest BCUT2D eigenvalue weighted by molar-refractivity contribution is 7.98. The molecule has 0 spiro atoms. The highest BCUT2D eigenvalue weighted by Gasteiger charge is 2.20. The predicted octanol–water partition coefficient (Wildman–Crippen LogP) is 5.17. The molecule has 0 aliphatic heterocycles. The van der Waals surface area contributed by atoms with E-state index in [1.807, 2.05) is 56.3 Å². The van der Waals surface area contributed by atoms with E-state index in [-0.39, 0.29) is 11.9 Å². The molecule has 5 nitrogen and oxygen atoms in total. The van der Waals surface area contributed by atoms with Gasteiger partial charge < -0.3 is 10.1 Å². The SMILES string of the molecule is Cc1nc(CSc2ccc(C(=O)O[C@@H](C)C(=O)N[C@@H](C)c3ccccc3)cc2)cs1. The standard InChI is InChI=1S/C23H24N2O3S2/c1-15(18-7-5-4-6-8-18)24-22(26)16(2)28-23(27)19-9-11-21(12-10-19)30-14-20-13-29-17(3)25-20/h4-13,15-16H,14H2,1-3H3,(H,24,26)/t15-,16-/m0/s1. The number of aromatic nitrogens is 1. The smallest absolute Gasteiger partial charge is 0.338 e. The lowest BCUT2D eigenvalue weighted by Gasteiger charge is -2.18. The number of nitrogens with one attached hydrogen (secondary N) is 1. The van der Waals surface area contributed by atoms with Crippen LogP contribution in [-0.4, -0.2) is 23.0 Å². The van der Waals surface area contributed by atoms with Crippen LogP contribution in [0.5, 0.6) is 0 Å². The fourth-order valence-corrected chi connectivity index (χ4v) is 4.27. The Bertz CT molecular complexity index is 987. The first-order chi connectivity index (χ1) is 14.4. The zero-order valence-electron chi connectivity index (χ0n) is 17.1. The van der Waals surface area contributed by atoms with Crippen molar-refractivity contribution >= 4 is 35.0 Å². The maximum absolute atomic E-state index is 12.4. The van der Waals surface area contributed by atoms with Crippen LogP contribution in [0.25, 0.3) is 0 Å². The van der Waals surface area contributed by atoms with Crippen molar-refractivity contribution in [3.05, 3.63) is 81.8 Å². The molecular formula is C23H24N2O3S2. The maximum atomic E-state index is 12.4. The molecule has 0 unspecified atom stereocenters. The van der Waals surface area contributed by atoms with Gasteiger partial charge in [-0.3, -0.25) is 4.79 Å². The van der Waals surface area contributed by atoms with Crippen LogP contribution in [-0.2, 0) is 15.3 Å². The van der Waals surface area contributed by atoms with Crippen molar-refractivity contribution < 1.29 is 14.3 Å². The number of esters is 1. The lowest BCUT2D eigenvalue weighted by atomic mass is 10.1. The zero-order valence-corrected chi connectivity index (χ0v) is 18.8. The number of rotatable bonds is 8. The number of nitrogens with zero attached hydrogens (tertiary/aromatic N) is 1. The minimum absolute atomic E-state index is 0.169. The monoisotopic (exact) mass is 440 g/mol. The summed E-state index contributed by atoms with van der Waals surface area (Å²) in [6.45, 7) is 5.46. The third-order valence-corrected chi connectivity index (χ3v) is 6.32. The van der Waals surface area contributed by atoms with Crippen molar-refractivity contribution in [2.45, 2.75) is 43.6 Å². The van der Waals surface area contributed by atoms with Gasteiger partial charge in [0.2, 0.25) is 0 Å². The Morgan fingerprint density at radius 1 is 1.10 bits per heavy atom. The van der Waals surface area contributed by atoms with E-state index in [4.69, 9.17) is 4.74 Å². The summed E-state index contributed by atoms with van der Waals surface area (Å²) in [5.41, 5.74) is 2.46. The Morgan fingerprint density at radius 3 is 2.43 bits per heavy atom. The van der Waals surface area contributed by atoms with Gasteiger partial charge in [-0.15, -0.1) is 23.1 Å². The van der Waals surface area contributed by atoms with Gasteiger partial charge in [0.1, 0.15) is 0 Å². The predicted molar refractivity (Wildman–Crippen MR) is 121 cm³/mol. The van der Waals surface area contributed by atoms with E-state index in [0.717, 1.165) is 26.9 Å². The molecule has 0 bridgehead atoms. The summed E-state index contributed by atoms with van der Waals surface area (Å²) in [5, 5.41) is 5.98. The van der Waals surface area contributed by atoms with E-state index < -0.39 is 12.1 Å². The van der Waals surface area contributed by atoms with Crippen molar-refractivity contribution in [2.75, 3.05) is 0 Å². The largest absolute Gasteiger partial charge is 0.449 e. The number of ether oxygens (including phenoxy) is 1. The Balaban J connectivity index is 1.50. The Hall–Kier alpha value is -2.64. The molecule has 0 aliphatic carbocycles. The second-order valence-electron chi connectivity index (χ2n) is 6.86. The van der Waals surface area contributed by atoms with Gasteiger partial charge in [0, 0.05) is 16.0 Å². The summed E-state index contributed by atoms with van der Waals surface area (Å²) < 4.78 is 5.34. The second kappa shape index (κ2) is 10.4. The van der Waals surface area contributed by atoms with E-state index >= 15 is 0 Å². The molecule has 1 aromatic heterocycles. The first-order valence-corrected chi connectivity index (χ1v) is 11.5. The van der Waals surface area contributed by atoms with Gasteiger partial charge in [0.25, 0.3) is 5.91 Å². The minimum atomic E-state index is -0.884. The quantitative estimate of drug-likeness (QED) is 0.387. The van der Waals surface area contributed by atoms with Gasteiger partial charge in [0.05, 0.1) is 22.3 Å². The summed E-state index contributed by atoms with van der Waals surface area (Å²) in [6, 6.07) is 16.7. The number of amides is 1. The van der Waals surface area contributed by atoms with Crippen molar-refractivity contribution in [2.24, 2.45) is 0 Å². The van der Waals surface area contributed by atoms with E-state index in [1.54, 1.807) is 42.2 Å². The van der Waals surface area contributed by atoms with Gasteiger partial charge in [-0.05, 0) is 50.6 Å². The molecule has 1 amide bonds. The molecule has 30 heavy (non-hydrogen) atoms. The molecule has 0 aliphatic rings. The number of thioether (sulfide) groups is 1. The molecule has 2 aromatic carbocycles. The molecule has 3 rings (SSSR count). The van der Waals surface area contributed by atoms with Crippen molar-refractivity contribution in [3.63, 3.8) is 0 Å². The first kappa shape index (κ1) is 22.1. The number of carbonyl (C=O) groups is 2. The molecule has 3 aromatic rings. The van der Waals surface area contributed by atoms with E-state index in [1.165, 1.54) is 0 Å².